The van der Waals surface area contributed by atoms with Crippen LogP contribution in [0.2, 0.25) is 0 Å². The number of hydrogen-bond donors (Lipinski definition) is 0. The van der Waals surface area contributed by atoms with Crippen molar-refractivity contribution in [2.45, 2.75) is 13.5 Å². The van der Waals surface area contributed by atoms with Crippen molar-refractivity contribution in [3.05, 3.63) is 59.2 Å². The lowest BCUT2D eigenvalue weighted by atomic mass is 10.1. The van der Waals surface area contributed by atoms with Crippen LogP contribution in [0.5, 0.6) is 11.5 Å². The molecule has 2 aromatic rings. The molecule has 28 heavy (non-hydrogen) atoms. The lowest BCUT2D eigenvalue weighted by Crippen LogP contribution is -2.34. The van der Waals surface area contributed by atoms with Crippen molar-refractivity contribution in [3.8, 4) is 17.6 Å². The zero-order chi connectivity index (χ0) is 19.9. The molecule has 0 aromatic heterocycles. The number of carbonyl (C=O) groups is 2. The second-order valence-corrected chi connectivity index (χ2v) is 6.15. The van der Waals surface area contributed by atoms with E-state index in [1.807, 2.05) is 31.2 Å². The summed E-state index contributed by atoms with van der Waals surface area (Å²) in [6.45, 7) is 3.34. The van der Waals surface area contributed by atoms with Crippen LogP contribution in [0.4, 0.5) is 0 Å². The van der Waals surface area contributed by atoms with E-state index in [0.717, 1.165) is 5.56 Å². The van der Waals surface area contributed by atoms with E-state index in [4.69, 9.17) is 19.5 Å². The third-order valence-corrected chi connectivity index (χ3v) is 4.27. The summed E-state index contributed by atoms with van der Waals surface area (Å²) < 4.78 is 16.2. The van der Waals surface area contributed by atoms with Crippen molar-refractivity contribution < 1.29 is 23.8 Å². The van der Waals surface area contributed by atoms with Gasteiger partial charge in [0.15, 0.2) is 18.1 Å². The number of likely N-dealkylation sites (N-methyl/N-ethyl adjacent to an activating group) is 1. The van der Waals surface area contributed by atoms with E-state index in [-0.39, 0.29) is 18.1 Å². The topological polar surface area (TPSA) is 88.9 Å². The van der Waals surface area contributed by atoms with E-state index in [2.05, 4.69) is 0 Å². The Bertz CT molecular complexity index is 919. The highest BCUT2D eigenvalue weighted by atomic mass is 16.6. The van der Waals surface area contributed by atoms with E-state index < -0.39 is 5.97 Å². The predicted octanol–water partition coefficient (Wildman–Crippen LogP) is 2.53. The molecule has 0 aliphatic carbocycles. The summed E-state index contributed by atoms with van der Waals surface area (Å²) in [7, 11) is 0. The van der Waals surface area contributed by atoms with Crippen LogP contribution in [0.3, 0.4) is 0 Å². The van der Waals surface area contributed by atoms with Crippen LogP contribution in [-0.2, 0) is 16.1 Å². The van der Waals surface area contributed by atoms with Gasteiger partial charge in [0.25, 0.3) is 5.91 Å². The molecule has 1 aliphatic heterocycles. The summed E-state index contributed by atoms with van der Waals surface area (Å²) in [5, 5.41) is 8.90. The predicted molar refractivity (Wildman–Crippen MR) is 100.0 cm³/mol. The smallest absolute Gasteiger partial charge is 0.338 e. The van der Waals surface area contributed by atoms with Gasteiger partial charge in [-0.25, -0.2) is 4.79 Å². The Kier molecular flexibility index (Phi) is 6.12. The summed E-state index contributed by atoms with van der Waals surface area (Å²) >= 11 is 0. The molecule has 7 nitrogen and oxygen atoms in total. The first-order valence-electron chi connectivity index (χ1n) is 8.94. The third-order valence-electron chi connectivity index (χ3n) is 4.27. The summed E-state index contributed by atoms with van der Waals surface area (Å²) in [4.78, 5) is 26.2. The second-order valence-electron chi connectivity index (χ2n) is 6.15. The Morgan fingerprint density at radius 3 is 2.68 bits per heavy atom. The summed E-state index contributed by atoms with van der Waals surface area (Å²) in [5.74, 6) is 0.414. The Labute approximate surface area is 163 Å². The van der Waals surface area contributed by atoms with Gasteiger partial charge in [-0.05, 0) is 42.8 Å². The summed E-state index contributed by atoms with van der Waals surface area (Å²) in [6, 6.07) is 13.7. The zero-order valence-corrected chi connectivity index (χ0v) is 15.5. The van der Waals surface area contributed by atoms with Crippen LogP contribution in [0.15, 0.2) is 42.5 Å². The maximum atomic E-state index is 12.5. The molecule has 0 bridgehead atoms. The van der Waals surface area contributed by atoms with Crippen LogP contribution in [0, 0.1) is 11.3 Å². The Balaban J connectivity index is 1.59. The molecule has 0 fully saturated rings. The Morgan fingerprint density at radius 1 is 1.14 bits per heavy atom. The van der Waals surface area contributed by atoms with Crippen LogP contribution in [-0.4, -0.2) is 43.1 Å². The highest BCUT2D eigenvalue weighted by molar-refractivity contribution is 5.91. The van der Waals surface area contributed by atoms with E-state index in [1.165, 1.54) is 6.07 Å². The average molecular weight is 380 g/mol. The third kappa shape index (κ3) is 4.60. The first-order valence-corrected chi connectivity index (χ1v) is 8.94. The second kappa shape index (κ2) is 8.91. The molecule has 7 heteroatoms. The quantitative estimate of drug-likeness (QED) is 0.716. The van der Waals surface area contributed by atoms with E-state index >= 15 is 0 Å². The standard InChI is InChI=1S/C21H20N2O5/c1-2-23(13-16-6-7-18-19(11-16)27-9-8-26-18)20(24)14-28-21(25)17-5-3-4-15(10-17)12-22/h3-7,10-11H,2,8-9,13-14H2,1H3. The molecule has 1 amide bonds. The van der Waals surface area contributed by atoms with E-state index in [0.29, 0.717) is 43.4 Å². The van der Waals surface area contributed by atoms with Crippen molar-refractivity contribution in [1.82, 2.24) is 4.90 Å². The fourth-order valence-electron chi connectivity index (χ4n) is 2.80. The van der Waals surface area contributed by atoms with Gasteiger partial charge < -0.3 is 19.1 Å². The molecule has 0 saturated carbocycles. The minimum absolute atomic E-state index is 0.238. The normalized spacial score (nSPS) is 12.0. The number of benzene rings is 2. The molecule has 144 valence electrons. The lowest BCUT2D eigenvalue weighted by Gasteiger charge is -2.23. The number of amides is 1. The number of rotatable bonds is 6. The Hall–Kier alpha value is -3.53. The molecule has 0 unspecified atom stereocenters. The summed E-state index contributed by atoms with van der Waals surface area (Å²) in [5.41, 5.74) is 1.49. The highest BCUT2D eigenvalue weighted by Crippen LogP contribution is 2.31. The fourth-order valence-corrected chi connectivity index (χ4v) is 2.80. The van der Waals surface area contributed by atoms with Crippen molar-refractivity contribution in [3.63, 3.8) is 0 Å². The van der Waals surface area contributed by atoms with Crippen LogP contribution in [0.1, 0.15) is 28.4 Å². The van der Waals surface area contributed by atoms with E-state index in [1.54, 1.807) is 23.1 Å². The van der Waals surface area contributed by atoms with Gasteiger partial charge in [-0.3, -0.25) is 4.79 Å². The molecule has 0 atom stereocenters. The number of hydrogen-bond acceptors (Lipinski definition) is 6. The maximum Gasteiger partial charge on any atom is 0.338 e. The Morgan fingerprint density at radius 2 is 1.93 bits per heavy atom. The van der Waals surface area contributed by atoms with Gasteiger partial charge in [0.2, 0.25) is 0 Å². The molecule has 0 N–H and O–H groups in total. The summed E-state index contributed by atoms with van der Waals surface area (Å²) in [6.07, 6.45) is 0. The molecule has 3 rings (SSSR count). The van der Waals surface area contributed by atoms with Gasteiger partial charge in [0, 0.05) is 13.1 Å². The monoisotopic (exact) mass is 380 g/mol. The molecule has 1 heterocycles. The molecule has 2 aromatic carbocycles. The minimum Gasteiger partial charge on any atom is -0.486 e. The molecule has 0 radical (unpaired) electrons. The average Bonchev–Trinajstić information content (AvgIpc) is 2.75. The zero-order valence-electron chi connectivity index (χ0n) is 15.5. The fraction of sp³-hybridized carbons (Fsp3) is 0.286. The van der Waals surface area contributed by atoms with E-state index in [9.17, 15) is 9.59 Å². The molecule has 0 spiro atoms. The number of carbonyl (C=O) groups excluding carboxylic acids is 2. The lowest BCUT2D eigenvalue weighted by molar-refractivity contribution is -0.134. The highest BCUT2D eigenvalue weighted by Gasteiger charge is 2.18. The first kappa shape index (κ1) is 19.2. The number of esters is 1. The van der Waals surface area contributed by atoms with Crippen molar-refractivity contribution >= 4 is 11.9 Å². The molecule has 1 aliphatic rings. The van der Waals surface area contributed by atoms with Crippen LogP contribution in [0.25, 0.3) is 0 Å². The number of fused-ring (bicyclic) bond motifs is 1. The van der Waals surface area contributed by atoms with Gasteiger partial charge in [-0.15, -0.1) is 0 Å². The van der Waals surface area contributed by atoms with Gasteiger partial charge in [-0.1, -0.05) is 12.1 Å². The van der Waals surface area contributed by atoms with Crippen LogP contribution < -0.4 is 9.47 Å². The molecular weight excluding hydrogens is 360 g/mol. The van der Waals surface area contributed by atoms with Gasteiger partial charge in [-0.2, -0.15) is 5.26 Å². The number of nitrogens with zero attached hydrogens (tertiary/aromatic N) is 2. The number of nitriles is 1. The minimum atomic E-state index is -0.638. The van der Waals surface area contributed by atoms with Crippen molar-refractivity contribution in [2.75, 3.05) is 26.4 Å². The SMILES string of the molecule is CCN(Cc1ccc2c(c1)OCCO2)C(=O)COC(=O)c1cccc(C#N)c1. The number of ether oxygens (including phenoxy) is 3. The molecule has 0 saturated heterocycles. The maximum absolute atomic E-state index is 12.5. The van der Waals surface area contributed by atoms with Crippen molar-refractivity contribution in [1.29, 1.82) is 5.26 Å². The first-order chi connectivity index (χ1) is 13.6. The van der Waals surface area contributed by atoms with Gasteiger partial charge in [0.05, 0.1) is 17.2 Å². The largest absolute Gasteiger partial charge is 0.486 e. The van der Waals surface area contributed by atoms with Gasteiger partial charge >= 0.3 is 5.97 Å². The van der Waals surface area contributed by atoms with Crippen LogP contribution >= 0.6 is 0 Å². The molecular formula is C21H20N2O5. The van der Waals surface area contributed by atoms with Crippen molar-refractivity contribution in [2.24, 2.45) is 0 Å². The van der Waals surface area contributed by atoms with Gasteiger partial charge in [0.1, 0.15) is 13.2 Å².